The Bertz CT molecular complexity index is 432. The van der Waals surface area contributed by atoms with Gasteiger partial charge in [0.15, 0.2) is 0 Å². The van der Waals surface area contributed by atoms with Crippen molar-refractivity contribution in [2.75, 3.05) is 13.1 Å². The fourth-order valence-electron chi connectivity index (χ4n) is 1.53. The maximum absolute atomic E-state index is 13.3. The van der Waals surface area contributed by atoms with Crippen molar-refractivity contribution in [1.29, 1.82) is 0 Å². The molecule has 1 aromatic carbocycles. The lowest BCUT2D eigenvalue weighted by Crippen LogP contribution is -2.61. The molecule has 0 aromatic heterocycles. The van der Waals surface area contributed by atoms with E-state index in [-0.39, 0.29) is 5.60 Å². The van der Waals surface area contributed by atoms with Crippen molar-refractivity contribution < 1.29 is 14.1 Å². The number of halogens is 1. The third kappa shape index (κ3) is 1.96. The molecule has 16 heavy (non-hydrogen) atoms. The van der Waals surface area contributed by atoms with Crippen LogP contribution in [-0.2, 0) is 0 Å². The number of nitrogens with one attached hydrogen (secondary N) is 1. The minimum atomic E-state index is -0.876. The van der Waals surface area contributed by atoms with Gasteiger partial charge in [0.2, 0.25) is 5.82 Å². The Morgan fingerprint density at radius 2 is 2.25 bits per heavy atom. The summed E-state index contributed by atoms with van der Waals surface area (Å²) in [5, 5.41) is 13.4. The van der Waals surface area contributed by atoms with E-state index in [1.807, 2.05) is 6.92 Å². The van der Waals surface area contributed by atoms with Crippen molar-refractivity contribution in [1.82, 2.24) is 5.32 Å². The summed E-state index contributed by atoms with van der Waals surface area (Å²) in [4.78, 5) is 9.64. The van der Waals surface area contributed by atoms with E-state index >= 15 is 0 Å². The first kappa shape index (κ1) is 10.8. The van der Waals surface area contributed by atoms with E-state index in [1.54, 1.807) is 0 Å². The van der Waals surface area contributed by atoms with E-state index in [4.69, 9.17) is 4.74 Å². The molecule has 1 aromatic rings. The zero-order chi connectivity index (χ0) is 11.8. The number of rotatable bonds is 3. The van der Waals surface area contributed by atoms with Crippen molar-refractivity contribution in [2.24, 2.45) is 0 Å². The number of benzene rings is 1. The van der Waals surface area contributed by atoms with Crippen LogP contribution in [-0.4, -0.2) is 23.6 Å². The van der Waals surface area contributed by atoms with Crippen LogP contribution in [0.2, 0.25) is 0 Å². The molecule has 0 spiro atoms. The Hall–Kier alpha value is -1.69. The van der Waals surface area contributed by atoms with Crippen LogP contribution in [0.5, 0.6) is 5.75 Å². The number of nitro benzene ring substituents is 1. The summed E-state index contributed by atoms with van der Waals surface area (Å²) in [6.45, 7) is 3.26. The molecular formula is C10H11FN2O3. The molecule has 0 aliphatic carbocycles. The second-order valence-corrected chi connectivity index (χ2v) is 4.03. The van der Waals surface area contributed by atoms with E-state index < -0.39 is 16.4 Å². The summed E-state index contributed by atoms with van der Waals surface area (Å²) in [7, 11) is 0. The van der Waals surface area contributed by atoms with Crippen molar-refractivity contribution in [2.45, 2.75) is 12.5 Å². The Kier molecular flexibility index (Phi) is 2.51. The average Bonchev–Trinajstić information content (AvgIpc) is 2.14. The van der Waals surface area contributed by atoms with Crippen LogP contribution >= 0.6 is 0 Å². The largest absolute Gasteiger partial charge is 0.485 e. The van der Waals surface area contributed by atoms with Gasteiger partial charge in [-0.3, -0.25) is 10.1 Å². The van der Waals surface area contributed by atoms with Gasteiger partial charge in [0.25, 0.3) is 0 Å². The molecule has 5 nitrogen and oxygen atoms in total. The lowest BCUT2D eigenvalue weighted by molar-refractivity contribution is -0.387. The quantitative estimate of drug-likeness (QED) is 0.626. The summed E-state index contributed by atoms with van der Waals surface area (Å²) in [5.74, 6) is -0.564. The number of hydrogen-bond acceptors (Lipinski definition) is 4. The maximum atomic E-state index is 13.3. The van der Waals surface area contributed by atoms with Gasteiger partial charge in [-0.25, -0.2) is 0 Å². The van der Waals surface area contributed by atoms with Crippen LogP contribution in [0.15, 0.2) is 18.2 Å². The van der Waals surface area contributed by atoms with Gasteiger partial charge in [-0.2, -0.15) is 4.39 Å². The molecule has 1 heterocycles. The molecule has 0 amide bonds. The highest BCUT2D eigenvalue weighted by Gasteiger charge is 2.34. The molecular weight excluding hydrogens is 215 g/mol. The molecule has 1 aliphatic heterocycles. The standard InChI is InChI=1S/C10H11FN2O3/c1-10(5-12-6-10)16-7-2-3-9(13(14)15)8(11)4-7/h2-4,12H,5-6H2,1H3. The van der Waals surface area contributed by atoms with E-state index in [1.165, 1.54) is 6.07 Å². The van der Waals surface area contributed by atoms with Crippen molar-refractivity contribution in [3.05, 3.63) is 34.1 Å². The third-order valence-electron chi connectivity index (χ3n) is 2.48. The molecule has 2 rings (SSSR count). The van der Waals surface area contributed by atoms with Gasteiger partial charge in [-0.1, -0.05) is 0 Å². The molecule has 1 N–H and O–H groups in total. The highest BCUT2D eigenvalue weighted by atomic mass is 19.1. The van der Waals surface area contributed by atoms with Gasteiger partial charge >= 0.3 is 5.69 Å². The molecule has 6 heteroatoms. The monoisotopic (exact) mass is 226 g/mol. The molecule has 0 radical (unpaired) electrons. The maximum Gasteiger partial charge on any atom is 0.305 e. The molecule has 86 valence electrons. The zero-order valence-electron chi connectivity index (χ0n) is 8.70. The first-order valence-corrected chi connectivity index (χ1v) is 4.84. The fourth-order valence-corrected chi connectivity index (χ4v) is 1.53. The summed E-state index contributed by atoms with van der Waals surface area (Å²) in [6, 6.07) is 3.56. The number of hydrogen-bond donors (Lipinski definition) is 1. The number of ether oxygens (including phenoxy) is 1. The smallest absolute Gasteiger partial charge is 0.305 e. The van der Waals surface area contributed by atoms with Gasteiger partial charge < -0.3 is 10.1 Å². The van der Waals surface area contributed by atoms with E-state index in [9.17, 15) is 14.5 Å². The summed E-state index contributed by atoms with van der Waals surface area (Å²) in [5.41, 5.74) is -0.882. The molecule has 1 saturated heterocycles. The van der Waals surface area contributed by atoms with Crippen LogP contribution in [0.4, 0.5) is 10.1 Å². The molecule has 1 aliphatic rings. The van der Waals surface area contributed by atoms with Gasteiger partial charge in [0.1, 0.15) is 11.4 Å². The molecule has 0 atom stereocenters. The molecule has 1 fully saturated rings. The SMILES string of the molecule is CC1(Oc2ccc([N+](=O)[O-])c(F)c2)CNC1. The van der Waals surface area contributed by atoms with Crippen LogP contribution in [0.1, 0.15) is 6.92 Å². The molecule has 0 saturated carbocycles. The molecule has 0 unspecified atom stereocenters. The zero-order valence-corrected chi connectivity index (χ0v) is 8.70. The van der Waals surface area contributed by atoms with E-state index in [0.29, 0.717) is 18.8 Å². The van der Waals surface area contributed by atoms with Crippen LogP contribution in [0.25, 0.3) is 0 Å². The summed E-state index contributed by atoms with van der Waals surface area (Å²) in [6.07, 6.45) is 0. The summed E-state index contributed by atoms with van der Waals surface area (Å²) >= 11 is 0. The first-order chi connectivity index (χ1) is 7.50. The average molecular weight is 226 g/mol. The van der Waals surface area contributed by atoms with Crippen LogP contribution in [0, 0.1) is 15.9 Å². The highest BCUT2D eigenvalue weighted by molar-refractivity contribution is 5.38. The third-order valence-corrected chi connectivity index (χ3v) is 2.48. The normalized spacial score (nSPS) is 17.6. The van der Waals surface area contributed by atoms with E-state index in [0.717, 1.165) is 12.1 Å². The van der Waals surface area contributed by atoms with Gasteiger partial charge in [-0.05, 0) is 13.0 Å². The Balaban J connectivity index is 2.18. The van der Waals surface area contributed by atoms with Gasteiger partial charge in [0, 0.05) is 25.2 Å². The summed E-state index contributed by atoms with van der Waals surface area (Å²) < 4.78 is 18.8. The Morgan fingerprint density at radius 1 is 1.56 bits per heavy atom. The first-order valence-electron chi connectivity index (χ1n) is 4.84. The van der Waals surface area contributed by atoms with Crippen LogP contribution in [0.3, 0.4) is 0 Å². The number of nitro groups is 1. The minimum Gasteiger partial charge on any atom is -0.485 e. The predicted octanol–water partition coefficient (Wildman–Crippen LogP) is 1.47. The van der Waals surface area contributed by atoms with Gasteiger partial charge in [-0.15, -0.1) is 0 Å². The van der Waals surface area contributed by atoms with Crippen molar-refractivity contribution in [3.63, 3.8) is 0 Å². The van der Waals surface area contributed by atoms with E-state index in [2.05, 4.69) is 5.32 Å². The number of nitrogens with zero attached hydrogens (tertiary/aromatic N) is 1. The predicted molar refractivity (Wildman–Crippen MR) is 55.0 cm³/mol. The Morgan fingerprint density at radius 3 is 2.69 bits per heavy atom. The van der Waals surface area contributed by atoms with Crippen molar-refractivity contribution >= 4 is 5.69 Å². The highest BCUT2D eigenvalue weighted by Crippen LogP contribution is 2.26. The second-order valence-electron chi connectivity index (χ2n) is 4.03. The van der Waals surface area contributed by atoms with Gasteiger partial charge in [0.05, 0.1) is 4.92 Å². The molecule has 0 bridgehead atoms. The topological polar surface area (TPSA) is 64.4 Å². The minimum absolute atomic E-state index is 0.312. The second kappa shape index (κ2) is 3.71. The lowest BCUT2D eigenvalue weighted by Gasteiger charge is -2.39. The Labute approximate surface area is 91.4 Å². The fraction of sp³-hybridized carbons (Fsp3) is 0.400. The van der Waals surface area contributed by atoms with Crippen LogP contribution < -0.4 is 10.1 Å². The lowest BCUT2D eigenvalue weighted by atomic mass is 10.00. The van der Waals surface area contributed by atoms with Crippen molar-refractivity contribution in [3.8, 4) is 5.75 Å².